The first-order valence-electron chi connectivity index (χ1n) is 12.0. The van der Waals surface area contributed by atoms with Crippen LogP contribution in [-0.4, -0.2) is 60.5 Å². The van der Waals surface area contributed by atoms with Gasteiger partial charge in [-0.2, -0.15) is 0 Å². The van der Waals surface area contributed by atoms with Crippen molar-refractivity contribution in [3.63, 3.8) is 0 Å². The topological polar surface area (TPSA) is 35.6 Å². The van der Waals surface area contributed by atoms with Gasteiger partial charge in [-0.3, -0.25) is 9.69 Å². The quantitative estimate of drug-likeness (QED) is 0.787. The number of amides is 1. The lowest BCUT2D eigenvalue weighted by atomic mass is 9.78. The molecule has 0 unspecified atom stereocenters. The molecule has 3 fully saturated rings. The maximum atomic E-state index is 12.6. The van der Waals surface area contributed by atoms with Crippen molar-refractivity contribution in [1.82, 2.24) is 15.1 Å². The fourth-order valence-corrected chi connectivity index (χ4v) is 5.66. The number of hydrogen-bond acceptors (Lipinski definition) is 3. The zero-order valence-corrected chi connectivity index (χ0v) is 18.2. The smallest absolute Gasteiger partial charge is 0.237 e. The molecule has 0 radical (unpaired) electrons. The molecule has 1 atom stereocenters. The average molecular weight is 398 g/mol. The molecule has 1 amide bonds. The number of nitrogens with one attached hydrogen (secondary N) is 1. The molecule has 1 N–H and O–H groups in total. The van der Waals surface area contributed by atoms with Crippen molar-refractivity contribution >= 4 is 5.91 Å². The van der Waals surface area contributed by atoms with Crippen LogP contribution < -0.4 is 5.32 Å². The van der Waals surface area contributed by atoms with Gasteiger partial charge in [-0.25, -0.2) is 0 Å². The fraction of sp³-hybridized carbons (Fsp3) is 0.720. The summed E-state index contributed by atoms with van der Waals surface area (Å²) in [4.78, 5) is 17.6. The van der Waals surface area contributed by atoms with Crippen LogP contribution in [0.25, 0.3) is 0 Å². The minimum atomic E-state index is 0.0130. The van der Waals surface area contributed by atoms with Crippen molar-refractivity contribution < 1.29 is 4.79 Å². The van der Waals surface area contributed by atoms with E-state index in [2.05, 4.69) is 52.4 Å². The van der Waals surface area contributed by atoms with E-state index in [9.17, 15) is 4.79 Å². The maximum absolute atomic E-state index is 12.6. The molecule has 0 spiro atoms. The minimum Gasteiger partial charge on any atom is -0.352 e. The summed E-state index contributed by atoms with van der Waals surface area (Å²) < 4.78 is 0. The second-order valence-corrected chi connectivity index (χ2v) is 9.63. The summed E-state index contributed by atoms with van der Waals surface area (Å²) in [5, 5.41) is 3.28. The van der Waals surface area contributed by atoms with E-state index in [4.69, 9.17) is 0 Å². The summed E-state index contributed by atoms with van der Waals surface area (Å²) in [7, 11) is 0. The number of carbonyl (C=O) groups excluding carboxylic acids is 1. The van der Waals surface area contributed by atoms with Crippen molar-refractivity contribution in [2.45, 2.75) is 76.3 Å². The van der Waals surface area contributed by atoms with Gasteiger partial charge in [0.05, 0.1) is 6.04 Å². The monoisotopic (exact) mass is 397 g/mol. The first kappa shape index (κ1) is 20.9. The SMILES string of the molecule is C[C@@H](C(=O)NC1CCCC1)N1CCN(CC2CCC(c3ccccc3)CC2)CC1. The van der Waals surface area contributed by atoms with Crippen LogP contribution in [0.4, 0.5) is 0 Å². The zero-order chi connectivity index (χ0) is 20.1. The van der Waals surface area contributed by atoms with E-state index in [1.165, 1.54) is 63.5 Å². The number of piperazine rings is 1. The molecule has 2 saturated carbocycles. The summed E-state index contributed by atoms with van der Waals surface area (Å²) in [5.41, 5.74) is 1.53. The Morgan fingerprint density at radius 1 is 0.966 bits per heavy atom. The van der Waals surface area contributed by atoms with Crippen LogP contribution in [0.5, 0.6) is 0 Å². The standard InChI is InChI=1S/C25H39N3O/c1-20(25(29)26-24-9-5-6-10-24)28-17-15-27(16-18-28)19-21-11-13-23(14-12-21)22-7-3-2-4-8-22/h2-4,7-8,20-21,23-24H,5-6,9-19H2,1H3,(H,26,29)/t20-,21?,23?/m0/s1. The second kappa shape index (κ2) is 10.1. The zero-order valence-electron chi connectivity index (χ0n) is 18.2. The summed E-state index contributed by atoms with van der Waals surface area (Å²) in [6.07, 6.45) is 10.3. The summed E-state index contributed by atoms with van der Waals surface area (Å²) in [6, 6.07) is 11.5. The predicted molar refractivity (Wildman–Crippen MR) is 119 cm³/mol. The average Bonchev–Trinajstić information content (AvgIpc) is 3.28. The predicted octanol–water partition coefficient (Wildman–Crippen LogP) is 4.03. The van der Waals surface area contributed by atoms with Gasteiger partial charge in [0.2, 0.25) is 5.91 Å². The summed E-state index contributed by atoms with van der Waals surface area (Å²) in [6.45, 7) is 7.61. The maximum Gasteiger partial charge on any atom is 0.237 e. The number of nitrogens with zero attached hydrogens (tertiary/aromatic N) is 2. The normalized spacial score (nSPS) is 28.3. The van der Waals surface area contributed by atoms with Crippen LogP contribution in [0.1, 0.15) is 69.8 Å². The van der Waals surface area contributed by atoms with Crippen LogP contribution in [0.15, 0.2) is 30.3 Å². The van der Waals surface area contributed by atoms with Gasteiger partial charge >= 0.3 is 0 Å². The van der Waals surface area contributed by atoms with Gasteiger partial charge in [0.1, 0.15) is 0 Å². The lowest BCUT2D eigenvalue weighted by Crippen LogP contribution is -2.55. The van der Waals surface area contributed by atoms with Gasteiger partial charge < -0.3 is 10.2 Å². The Balaban J connectivity index is 1.16. The Hall–Kier alpha value is -1.39. The fourth-order valence-electron chi connectivity index (χ4n) is 5.66. The van der Waals surface area contributed by atoms with Crippen LogP contribution in [0.3, 0.4) is 0 Å². The van der Waals surface area contributed by atoms with Crippen molar-refractivity contribution in [2.75, 3.05) is 32.7 Å². The molecule has 3 aliphatic rings. The number of hydrogen-bond donors (Lipinski definition) is 1. The van der Waals surface area contributed by atoms with Crippen LogP contribution in [-0.2, 0) is 4.79 Å². The van der Waals surface area contributed by atoms with Crippen molar-refractivity contribution in [1.29, 1.82) is 0 Å². The van der Waals surface area contributed by atoms with Crippen LogP contribution in [0.2, 0.25) is 0 Å². The molecule has 4 nitrogen and oxygen atoms in total. The van der Waals surface area contributed by atoms with E-state index >= 15 is 0 Å². The largest absolute Gasteiger partial charge is 0.352 e. The molecule has 4 heteroatoms. The molecule has 1 aromatic carbocycles. The molecule has 2 aliphatic carbocycles. The highest BCUT2D eigenvalue weighted by molar-refractivity contribution is 5.81. The molecule has 1 aromatic rings. The van der Waals surface area contributed by atoms with Crippen molar-refractivity contribution in [2.24, 2.45) is 5.92 Å². The summed E-state index contributed by atoms with van der Waals surface area (Å²) in [5.74, 6) is 1.86. The van der Waals surface area contributed by atoms with E-state index in [-0.39, 0.29) is 11.9 Å². The van der Waals surface area contributed by atoms with Crippen LogP contribution >= 0.6 is 0 Å². The highest BCUT2D eigenvalue weighted by Crippen LogP contribution is 2.36. The highest BCUT2D eigenvalue weighted by atomic mass is 16.2. The summed E-state index contributed by atoms with van der Waals surface area (Å²) >= 11 is 0. The Labute approximate surface area is 177 Å². The van der Waals surface area contributed by atoms with Crippen LogP contribution in [0, 0.1) is 5.92 Å². The second-order valence-electron chi connectivity index (χ2n) is 9.63. The number of benzene rings is 1. The first-order chi connectivity index (χ1) is 14.2. The van der Waals surface area contributed by atoms with Gasteiger partial charge in [0.25, 0.3) is 0 Å². The molecule has 0 bridgehead atoms. The Morgan fingerprint density at radius 3 is 2.28 bits per heavy atom. The molecular weight excluding hydrogens is 358 g/mol. The Kier molecular flexibility index (Phi) is 7.25. The van der Waals surface area contributed by atoms with E-state index in [0.717, 1.165) is 38.0 Å². The highest BCUT2D eigenvalue weighted by Gasteiger charge is 2.29. The van der Waals surface area contributed by atoms with E-state index in [1.807, 2.05) is 0 Å². The van der Waals surface area contributed by atoms with E-state index < -0.39 is 0 Å². The minimum absolute atomic E-state index is 0.0130. The third kappa shape index (κ3) is 5.61. The molecule has 1 aliphatic heterocycles. The molecule has 4 rings (SSSR count). The van der Waals surface area contributed by atoms with E-state index in [0.29, 0.717) is 6.04 Å². The third-order valence-corrected chi connectivity index (χ3v) is 7.67. The van der Waals surface area contributed by atoms with Gasteiger partial charge in [-0.1, -0.05) is 43.2 Å². The molecule has 1 saturated heterocycles. The molecular formula is C25H39N3O. The molecule has 29 heavy (non-hydrogen) atoms. The van der Waals surface area contributed by atoms with Gasteiger partial charge in [0.15, 0.2) is 0 Å². The van der Waals surface area contributed by atoms with Crippen molar-refractivity contribution in [3.8, 4) is 0 Å². The molecule has 160 valence electrons. The van der Waals surface area contributed by atoms with Crippen molar-refractivity contribution in [3.05, 3.63) is 35.9 Å². The third-order valence-electron chi connectivity index (χ3n) is 7.67. The van der Waals surface area contributed by atoms with Gasteiger partial charge in [-0.05, 0) is 62.8 Å². The van der Waals surface area contributed by atoms with Gasteiger partial charge in [-0.15, -0.1) is 0 Å². The van der Waals surface area contributed by atoms with E-state index in [1.54, 1.807) is 0 Å². The lowest BCUT2D eigenvalue weighted by Gasteiger charge is -2.40. The Morgan fingerprint density at radius 2 is 1.62 bits per heavy atom. The number of rotatable bonds is 6. The molecule has 1 heterocycles. The molecule has 0 aromatic heterocycles. The Bertz CT molecular complexity index is 627. The number of carbonyl (C=O) groups is 1. The first-order valence-corrected chi connectivity index (χ1v) is 12.0. The lowest BCUT2D eigenvalue weighted by molar-refractivity contribution is -0.127. The van der Waals surface area contributed by atoms with Gasteiger partial charge in [0, 0.05) is 38.8 Å².